The van der Waals surface area contributed by atoms with Crippen LogP contribution in [0.4, 0.5) is 4.79 Å². The molecule has 0 bridgehead atoms. The van der Waals surface area contributed by atoms with Gasteiger partial charge in [-0.1, -0.05) is 13.8 Å². The molecule has 1 aromatic heterocycles. The number of carbonyl (C=O) groups is 1. The van der Waals surface area contributed by atoms with Gasteiger partial charge < -0.3 is 15.4 Å². The fraction of sp³-hybridized carbons (Fsp3) is 0.765. The second-order valence-corrected chi connectivity index (χ2v) is 7.69. The van der Waals surface area contributed by atoms with Crippen LogP contribution in [0.3, 0.4) is 0 Å². The summed E-state index contributed by atoms with van der Waals surface area (Å²) in [6.07, 6.45) is 1.63. The van der Waals surface area contributed by atoms with Crippen LogP contribution in [0.25, 0.3) is 0 Å². The van der Waals surface area contributed by atoms with E-state index < -0.39 is 5.60 Å². The molecule has 0 radical (unpaired) electrons. The molecule has 1 amide bonds. The molecule has 0 aromatic carbocycles. The predicted octanol–water partition coefficient (Wildman–Crippen LogP) is 2.76. The maximum Gasteiger partial charge on any atom is 0.407 e. The molecule has 2 N–H and O–H groups in total. The summed E-state index contributed by atoms with van der Waals surface area (Å²) in [4.78, 5) is 11.9. The number of alkyl carbamates (subject to hydrolysis) is 1. The molecule has 0 aliphatic rings. The van der Waals surface area contributed by atoms with Crippen LogP contribution in [0.2, 0.25) is 0 Å². The van der Waals surface area contributed by atoms with Crippen LogP contribution in [-0.2, 0) is 18.3 Å². The number of hydrogen-bond acceptors (Lipinski definition) is 4. The minimum atomic E-state index is -0.488. The minimum absolute atomic E-state index is 0.237. The molecule has 132 valence electrons. The fourth-order valence-electron chi connectivity index (χ4n) is 2.16. The molecule has 23 heavy (non-hydrogen) atoms. The van der Waals surface area contributed by atoms with Gasteiger partial charge in [-0.3, -0.25) is 4.68 Å². The highest BCUT2D eigenvalue weighted by atomic mass is 16.6. The molecule has 0 saturated carbocycles. The average Bonchev–Trinajstić information content (AvgIpc) is 2.70. The normalized spacial score (nSPS) is 14.7. The summed E-state index contributed by atoms with van der Waals surface area (Å²) >= 11 is 0. The van der Waals surface area contributed by atoms with Crippen LogP contribution >= 0.6 is 0 Å². The van der Waals surface area contributed by atoms with Crippen molar-refractivity contribution >= 4 is 6.09 Å². The van der Waals surface area contributed by atoms with E-state index in [-0.39, 0.29) is 11.6 Å². The Morgan fingerprint density at radius 2 is 1.96 bits per heavy atom. The standard InChI is InChI=1S/C17H32N4O2/c1-12(2)17(7,11-18-15(22)23-16(4,5)6)19-9-14-10-21(8)20-13(14)3/h10,12,19H,9,11H2,1-8H3,(H,18,22). The highest BCUT2D eigenvalue weighted by Crippen LogP contribution is 2.18. The summed E-state index contributed by atoms with van der Waals surface area (Å²) in [6.45, 7) is 15.2. The van der Waals surface area contributed by atoms with Crippen molar-refractivity contribution in [1.82, 2.24) is 20.4 Å². The second-order valence-electron chi connectivity index (χ2n) is 7.69. The molecule has 0 aliphatic carbocycles. The quantitative estimate of drug-likeness (QED) is 0.844. The van der Waals surface area contributed by atoms with E-state index in [1.165, 1.54) is 0 Å². The molecule has 0 aliphatic heterocycles. The van der Waals surface area contributed by atoms with E-state index in [9.17, 15) is 4.79 Å². The molecule has 1 rings (SSSR count). The van der Waals surface area contributed by atoms with Crippen LogP contribution < -0.4 is 10.6 Å². The summed E-state index contributed by atoms with van der Waals surface area (Å²) in [5.41, 5.74) is 1.46. The van der Waals surface area contributed by atoms with Gasteiger partial charge in [0.25, 0.3) is 0 Å². The van der Waals surface area contributed by atoms with Gasteiger partial charge in [0.2, 0.25) is 0 Å². The van der Waals surface area contributed by atoms with Gasteiger partial charge in [0.05, 0.1) is 5.69 Å². The highest BCUT2D eigenvalue weighted by molar-refractivity contribution is 5.67. The Morgan fingerprint density at radius 3 is 2.39 bits per heavy atom. The molecule has 1 heterocycles. The zero-order chi connectivity index (χ0) is 17.8. The van der Waals surface area contributed by atoms with Crippen LogP contribution in [0, 0.1) is 12.8 Å². The molecular formula is C17H32N4O2. The van der Waals surface area contributed by atoms with Gasteiger partial charge >= 0.3 is 6.09 Å². The predicted molar refractivity (Wildman–Crippen MR) is 92.3 cm³/mol. The number of ether oxygens (including phenoxy) is 1. The second kappa shape index (κ2) is 7.34. The van der Waals surface area contributed by atoms with Crippen molar-refractivity contribution in [2.45, 2.75) is 66.2 Å². The van der Waals surface area contributed by atoms with E-state index in [1.54, 1.807) is 0 Å². The first-order valence-corrected chi connectivity index (χ1v) is 8.14. The average molecular weight is 324 g/mol. The number of hydrogen-bond donors (Lipinski definition) is 2. The zero-order valence-electron chi connectivity index (χ0n) is 15.8. The van der Waals surface area contributed by atoms with Crippen molar-refractivity contribution in [3.05, 3.63) is 17.5 Å². The minimum Gasteiger partial charge on any atom is -0.444 e. The number of nitrogens with zero attached hydrogens (tertiary/aromatic N) is 2. The van der Waals surface area contributed by atoms with Gasteiger partial charge in [0.1, 0.15) is 5.60 Å². The van der Waals surface area contributed by atoms with Crippen LogP contribution in [0.1, 0.15) is 52.8 Å². The third-order valence-electron chi connectivity index (χ3n) is 4.07. The lowest BCUT2D eigenvalue weighted by atomic mass is 9.88. The topological polar surface area (TPSA) is 68.2 Å². The Morgan fingerprint density at radius 1 is 1.35 bits per heavy atom. The molecule has 1 atom stereocenters. The number of aromatic nitrogens is 2. The maximum atomic E-state index is 11.9. The summed E-state index contributed by atoms with van der Waals surface area (Å²) in [5, 5.41) is 10.8. The van der Waals surface area contributed by atoms with Crippen molar-refractivity contribution in [3.63, 3.8) is 0 Å². The van der Waals surface area contributed by atoms with Gasteiger partial charge in [-0.05, 0) is 40.5 Å². The Balaban J connectivity index is 2.64. The number of nitrogens with one attached hydrogen (secondary N) is 2. The first kappa shape index (κ1) is 19.5. The van der Waals surface area contributed by atoms with E-state index >= 15 is 0 Å². The van der Waals surface area contributed by atoms with E-state index in [0.29, 0.717) is 19.0 Å². The lowest BCUT2D eigenvalue weighted by Crippen LogP contribution is -2.55. The Kier molecular flexibility index (Phi) is 6.22. The molecule has 0 saturated heterocycles. The summed E-state index contributed by atoms with van der Waals surface area (Å²) < 4.78 is 7.12. The number of aryl methyl sites for hydroxylation is 2. The first-order chi connectivity index (χ1) is 10.4. The van der Waals surface area contributed by atoms with Crippen molar-refractivity contribution in [2.24, 2.45) is 13.0 Å². The van der Waals surface area contributed by atoms with Gasteiger partial charge in [-0.2, -0.15) is 5.10 Å². The largest absolute Gasteiger partial charge is 0.444 e. The molecule has 0 spiro atoms. The molecular weight excluding hydrogens is 292 g/mol. The van der Waals surface area contributed by atoms with Crippen molar-refractivity contribution in [3.8, 4) is 0 Å². The summed E-state index contributed by atoms with van der Waals surface area (Å²) in [5.74, 6) is 0.342. The van der Waals surface area contributed by atoms with Crippen molar-refractivity contribution < 1.29 is 9.53 Å². The SMILES string of the molecule is Cc1nn(C)cc1CNC(C)(CNC(=O)OC(C)(C)C)C(C)C. The lowest BCUT2D eigenvalue weighted by Gasteiger charge is -2.35. The third kappa shape index (κ3) is 6.22. The number of carbonyl (C=O) groups excluding carboxylic acids is 1. The van der Waals surface area contributed by atoms with E-state index in [2.05, 4.69) is 36.5 Å². The van der Waals surface area contributed by atoms with Crippen LogP contribution in [0.5, 0.6) is 0 Å². The van der Waals surface area contributed by atoms with Gasteiger partial charge in [0.15, 0.2) is 0 Å². The monoisotopic (exact) mass is 324 g/mol. The van der Waals surface area contributed by atoms with E-state index in [0.717, 1.165) is 11.3 Å². The Bertz CT molecular complexity index is 531. The maximum absolute atomic E-state index is 11.9. The number of amides is 1. The zero-order valence-corrected chi connectivity index (χ0v) is 15.8. The molecule has 6 heteroatoms. The molecule has 1 unspecified atom stereocenters. The van der Waals surface area contributed by atoms with Crippen LogP contribution in [-0.4, -0.2) is 33.6 Å². The summed E-state index contributed by atoms with van der Waals surface area (Å²) in [6, 6.07) is 0. The Labute approximate surface area is 140 Å². The smallest absolute Gasteiger partial charge is 0.407 e. The molecule has 1 aromatic rings. The van der Waals surface area contributed by atoms with E-state index in [4.69, 9.17) is 4.74 Å². The number of rotatable bonds is 6. The van der Waals surface area contributed by atoms with Crippen molar-refractivity contribution in [1.29, 1.82) is 0 Å². The Hall–Kier alpha value is -1.56. The van der Waals surface area contributed by atoms with Gasteiger partial charge in [-0.25, -0.2) is 4.79 Å². The lowest BCUT2D eigenvalue weighted by molar-refractivity contribution is 0.0503. The molecule has 0 fully saturated rings. The van der Waals surface area contributed by atoms with Gasteiger partial charge in [0, 0.05) is 37.4 Å². The third-order valence-corrected chi connectivity index (χ3v) is 4.07. The van der Waals surface area contributed by atoms with Crippen LogP contribution in [0.15, 0.2) is 6.20 Å². The van der Waals surface area contributed by atoms with Gasteiger partial charge in [-0.15, -0.1) is 0 Å². The first-order valence-electron chi connectivity index (χ1n) is 8.14. The highest BCUT2D eigenvalue weighted by Gasteiger charge is 2.29. The van der Waals surface area contributed by atoms with E-state index in [1.807, 2.05) is 45.6 Å². The fourth-order valence-corrected chi connectivity index (χ4v) is 2.16. The van der Waals surface area contributed by atoms with Crippen molar-refractivity contribution in [2.75, 3.05) is 6.54 Å². The summed E-state index contributed by atoms with van der Waals surface area (Å²) in [7, 11) is 1.92. The molecule has 6 nitrogen and oxygen atoms in total.